The quantitative estimate of drug-likeness (QED) is 0.856. The molecule has 1 amide bonds. The Kier molecular flexibility index (Phi) is 4.88. The number of halogens is 1. The van der Waals surface area contributed by atoms with E-state index in [0.29, 0.717) is 31.5 Å². The molecular formula is C18H22FNO2. The molecule has 3 nitrogen and oxygen atoms in total. The van der Waals surface area contributed by atoms with Crippen molar-refractivity contribution in [2.24, 2.45) is 0 Å². The summed E-state index contributed by atoms with van der Waals surface area (Å²) in [4.78, 5) is 14.2. The second-order valence-corrected chi connectivity index (χ2v) is 5.99. The van der Waals surface area contributed by atoms with Crippen molar-refractivity contribution < 1.29 is 13.9 Å². The third-order valence-electron chi connectivity index (χ3n) is 4.46. The first-order chi connectivity index (χ1) is 10.7. The molecule has 1 aromatic rings. The molecule has 0 radical (unpaired) electrons. The second-order valence-electron chi connectivity index (χ2n) is 5.99. The molecule has 2 aliphatic rings. The lowest BCUT2D eigenvalue weighted by Crippen LogP contribution is -2.37. The fraction of sp³-hybridized carbons (Fsp3) is 0.500. The van der Waals surface area contributed by atoms with Crippen LogP contribution in [0.2, 0.25) is 0 Å². The highest BCUT2D eigenvalue weighted by molar-refractivity contribution is 5.78. The van der Waals surface area contributed by atoms with E-state index in [1.807, 2.05) is 17.0 Å². The average molecular weight is 303 g/mol. The van der Waals surface area contributed by atoms with Crippen molar-refractivity contribution in [1.29, 1.82) is 0 Å². The average Bonchev–Trinajstić information content (AvgIpc) is 2.56. The van der Waals surface area contributed by atoms with Crippen LogP contribution >= 0.6 is 0 Å². The maximum Gasteiger partial charge on any atom is 0.225 e. The molecule has 0 spiro atoms. The van der Waals surface area contributed by atoms with Crippen LogP contribution in [0, 0.1) is 5.82 Å². The van der Waals surface area contributed by atoms with Gasteiger partial charge in [-0.3, -0.25) is 4.79 Å². The first-order valence-corrected chi connectivity index (χ1v) is 8.07. The van der Waals surface area contributed by atoms with E-state index in [1.54, 1.807) is 12.1 Å². The van der Waals surface area contributed by atoms with Crippen LogP contribution in [0.1, 0.15) is 37.7 Å². The molecule has 0 saturated carbocycles. The number of benzene rings is 1. The van der Waals surface area contributed by atoms with E-state index in [2.05, 4.69) is 0 Å². The van der Waals surface area contributed by atoms with Crippen molar-refractivity contribution in [1.82, 2.24) is 4.90 Å². The Bertz CT molecular complexity index is 564. The van der Waals surface area contributed by atoms with Crippen LogP contribution < -0.4 is 0 Å². The molecule has 3 rings (SSSR count). The molecule has 1 atom stereocenters. The Labute approximate surface area is 130 Å². The van der Waals surface area contributed by atoms with E-state index in [1.165, 1.54) is 6.07 Å². The van der Waals surface area contributed by atoms with Gasteiger partial charge < -0.3 is 9.64 Å². The van der Waals surface area contributed by atoms with Gasteiger partial charge in [-0.05, 0) is 37.3 Å². The number of carbonyl (C=O) groups is 1. The summed E-state index contributed by atoms with van der Waals surface area (Å²) < 4.78 is 19.4. The molecule has 1 fully saturated rings. The van der Waals surface area contributed by atoms with Crippen LogP contribution in [0.15, 0.2) is 30.3 Å². The van der Waals surface area contributed by atoms with Crippen molar-refractivity contribution in [2.45, 2.75) is 38.2 Å². The number of rotatable bonds is 3. The standard InChI is InChI=1S/C18H22FNO2/c19-17-7-2-1-6-16(17)14-8-10-20(11-9-14)18(21)13-15-5-3-4-12-22-15/h1-2,6-8,15H,3-5,9-13H2. The van der Waals surface area contributed by atoms with Gasteiger partial charge in [0.2, 0.25) is 5.91 Å². The van der Waals surface area contributed by atoms with Gasteiger partial charge in [-0.25, -0.2) is 4.39 Å². The van der Waals surface area contributed by atoms with Crippen LogP contribution in [0.4, 0.5) is 4.39 Å². The molecule has 0 aliphatic carbocycles. The van der Waals surface area contributed by atoms with Gasteiger partial charge in [-0.15, -0.1) is 0 Å². The van der Waals surface area contributed by atoms with E-state index in [0.717, 1.165) is 31.4 Å². The number of nitrogens with zero attached hydrogens (tertiary/aromatic N) is 1. The summed E-state index contributed by atoms with van der Waals surface area (Å²) in [7, 11) is 0. The van der Waals surface area contributed by atoms with Crippen molar-refractivity contribution in [3.8, 4) is 0 Å². The van der Waals surface area contributed by atoms with E-state index >= 15 is 0 Å². The van der Waals surface area contributed by atoms with Crippen LogP contribution in [-0.4, -0.2) is 36.6 Å². The van der Waals surface area contributed by atoms with Crippen molar-refractivity contribution >= 4 is 11.5 Å². The Balaban J connectivity index is 1.58. The third-order valence-corrected chi connectivity index (χ3v) is 4.46. The first-order valence-electron chi connectivity index (χ1n) is 8.07. The fourth-order valence-electron chi connectivity index (χ4n) is 3.15. The predicted molar refractivity (Wildman–Crippen MR) is 83.8 cm³/mol. The lowest BCUT2D eigenvalue weighted by atomic mass is 9.98. The molecule has 2 aliphatic heterocycles. The highest BCUT2D eigenvalue weighted by atomic mass is 19.1. The van der Waals surface area contributed by atoms with Gasteiger partial charge in [0.15, 0.2) is 0 Å². The Morgan fingerprint density at radius 1 is 1.32 bits per heavy atom. The van der Waals surface area contributed by atoms with E-state index in [-0.39, 0.29) is 17.8 Å². The van der Waals surface area contributed by atoms with Gasteiger partial charge in [0.1, 0.15) is 5.82 Å². The predicted octanol–water partition coefficient (Wildman–Crippen LogP) is 3.40. The van der Waals surface area contributed by atoms with Crippen molar-refractivity contribution in [3.05, 3.63) is 41.7 Å². The Hall–Kier alpha value is -1.68. The van der Waals surface area contributed by atoms with Gasteiger partial charge in [0.25, 0.3) is 0 Å². The SMILES string of the molecule is O=C(CC1CCCCO1)N1CC=C(c2ccccc2F)CC1. The van der Waals surface area contributed by atoms with Crippen molar-refractivity contribution in [2.75, 3.05) is 19.7 Å². The number of amides is 1. The Morgan fingerprint density at radius 3 is 2.86 bits per heavy atom. The van der Waals surface area contributed by atoms with Gasteiger partial charge in [-0.2, -0.15) is 0 Å². The summed E-state index contributed by atoms with van der Waals surface area (Å²) in [6, 6.07) is 6.82. The second kappa shape index (κ2) is 7.05. The molecule has 0 bridgehead atoms. The lowest BCUT2D eigenvalue weighted by molar-refractivity contribution is -0.134. The largest absolute Gasteiger partial charge is 0.378 e. The maximum absolute atomic E-state index is 13.8. The molecule has 0 aromatic heterocycles. The van der Waals surface area contributed by atoms with Crippen molar-refractivity contribution in [3.63, 3.8) is 0 Å². The van der Waals surface area contributed by atoms with E-state index < -0.39 is 0 Å². The molecule has 2 heterocycles. The fourth-order valence-corrected chi connectivity index (χ4v) is 3.15. The zero-order chi connectivity index (χ0) is 15.4. The zero-order valence-electron chi connectivity index (χ0n) is 12.8. The minimum atomic E-state index is -0.191. The number of ether oxygens (including phenoxy) is 1. The molecule has 118 valence electrons. The van der Waals surface area contributed by atoms with Crippen LogP contribution in [0.25, 0.3) is 5.57 Å². The first kappa shape index (κ1) is 15.2. The molecule has 22 heavy (non-hydrogen) atoms. The van der Waals surface area contributed by atoms with Gasteiger partial charge in [0, 0.05) is 25.3 Å². The number of hydrogen-bond donors (Lipinski definition) is 0. The van der Waals surface area contributed by atoms with Gasteiger partial charge >= 0.3 is 0 Å². The Morgan fingerprint density at radius 2 is 2.18 bits per heavy atom. The summed E-state index contributed by atoms with van der Waals surface area (Å²) in [6.45, 7) is 2.00. The molecule has 0 N–H and O–H groups in total. The van der Waals surface area contributed by atoms with Gasteiger partial charge in [-0.1, -0.05) is 24.3 Å². The third kappa shape index (κ3) is 3.55. The summed E-state index contributed by atoms with van der Waals surface area (Å²) in [5.41, 5.74) is 1.65. The highest BCUT2D eigenvalue weighted by Gasteiger charge is 2.23. The number of hydrogen-bond acceptors (Lipinski definition) is 2. The maximum atomic E-state index is 13.8. The highest BCUT2D eigenvalue weighted by Crippen LogP contribution is 2.25. The summed E-state index contributed by atoms with van der Waals surface area (Å²) >= 11 is 0. The smallest absolute Gasteiger partial charge is 0.225 e. The summed E-state index contributed by atoms with van der Waals surface area (Å²) in [6.07, 6.45) is 6.47. The van der Waals surface area contributed by atoms with Crippen LogP contribution in [-0.2, 0) is 9.53 Å². The topological polar surface area (TPSA) is 29.5 Å². The molecular weight excluding hydrogens is 281 g/mol. The minimum absolute atomic E-state index is 0.0817. The number of carbonyl (C=O) groups excluding carboxylic acids is 1. The molecule has 4 heteroatoms. The monoisotopic (exact) mass is 303 g/mol. The minimum Gasteiger partial charge on any atom is -0.378 e. The summed E-state index contributed by atoms with van der Waals surface area (Å²) in [5.74, 6) is -0.0418. The summed E-state index contributed by atoms with van der Waals surface area (Å²) in [5, 5.41) is 0. The van der Waals surface area contributed by atoms with Gasteiger partial charge in [0.05, 0.1) is 12.5 Å². The normalized spacial score (nSPS) is 22.3. The molecule has 1 aromatic carbocycles. The van der Waals surface area contributed by atoms with Crippen LogP contribution in [0.3, 0.4) is 0 Å². The van der Waals surface area contributed by atoms with E-state index in [9.17, 15) is 9.18 Å². The molecule has 1 saturated heterocycles. The van der Waals surface area contributed by atoms with Crippen LogP contribution in [0.5, 0.6) is 0 Å². The molecule has 1 unspecified atom stereocenters. The lowest BCUT2D eigenvalue weighted by Gasteiger charge is -2.29. The zero-order valence-corrected chi connectivity index (χ0v) is 12.8. The van der Waals surface area contributed by atoms with E-state index in [4.69, 9.17) is 4.74 Å².